The summed E-state index contributed by atoms with van der Waals surface area (Å²) in [6, 6.07) is 11.8. The molecule has 0 spiro atoms. The van der Waals surface area contributed by atoms with E-state index in [0.717, 1.165) is 5.56 Å². The Morgan fingerprint density at radius 3 is 2.88 bits per heavy atom. The fourth-order valence-corrected chi connectivity index (χ4v) is 2.56. The summed E-state index contributed by atoms with van der Waals surface area (Å²) < 4.78 is 20.6. The Kier molecular flexibility index (Phi) is 5.80. The van der Waals surface area contributed by atoms with Gasteiger partial charge in [0, 0.05) is 17.7 Å². The Balaban J connectivity index is 1.68. The molecule has 0 saturated heterocycles. The largest absolute Gasteiger partial charge is 0.488 e. The molecule has 3 aromatic rings. The van der Waals surface area contributed by atoms with Crippen LogP contribution in [0.5, 0.6) is 5.75 Å². The highest BCUT2D eigenvalue weighted by molar-refractivity contribution is 6.31. The average Bonchev–Trinajstić information content (AvgIpc) is 3.07. The molecular formula is C18H17ClFN5O. The van der Waals surface area contributed by atoms with Crippen LogP contribution < -0.4 is 10.1 Å². The lowest BCUT2D eigenvalue weighted by molar-refractivity contribution is 0.303. The van der Waals surface area contributed by atoms with Crippen molar-refractivity contribution in [2.45, 2.75) is 19.7 Å². The third kappa shape index (κ3) is 4.37. The SMILES string of the molecule is C=CCn1nnnc1NCc1ccccc1OCc1ccc(F)cc1Cl. The van der Waals surface area contributed by atoms with E-state index in [4.69, 9.17) is 16.3 Å². The van der Waals surface area contributed by atoms with Crippen molar-refractivity contribution in [1.29, 1.82) is 0 Å². The third-order valence-corrected chi connectivity index (χ3v) is 3.99. The topological polar surface area (TPSA) is 64.9 Å². The molecule has 0 aliphatic heterocycles. The van der Waals surface area contributed by atoms with Crippen LogP contribution in [0.1, 0.15) is 11.1 Å². The number of halogens is 2. The number of nitrogens with one attached hydrogen (secondary N) is 1. The summed E-state index contributed by atoms with van der Waals surface area (Å²) in [5.74, 6) is 0.866. The van der Waals surface area contributed by atoms with Gasteiger partial charge >= 0.3 is 0 Å². The lowest BCUT2D eigenvalue weighted by Crippen LogP contribution is -2.09. The molecular weight excluding hydrogens is 357 g/mol. The van der Waals surface area contributed by atoms with Crippen molar-refractivity contribution in [3.63, 3.8) is 0 Å². The van der Waals surface area contributed by atoms with Crippen molar-refractivity contribution in [2.75, 3.05) is 5.32 Å². The van der Waals surface area contributed by atoms with Crippen LogP contribution in [0.3, 0.4) is 0 Å². The van der Waals surface area contributed by atoms with Gasteiger partial charge < -0.3 is 10.1 Å². The number of hydrogen-bond acceptors (Lipinski definition) is 5. The number of benzene rings is 2. The minimum Gasteiger partial charge on any atom is -0.488 e. The first-order chi connectivity index (χ1) is 12.7. The first-order valence-corrected chi connectivity index (χ1v) is 8.30. The van der Waals surface area contributed by atoms with E-state index in [2.05, 4.69) is 27.4 Å². The average molecular weight is 374 g/mol. The van der Waals surface area contributed by atoms with Gasteiger partial charge in [-0.05, 0) is 28.6 Å². The summed E-state index contributed by atoms with van der Waals surface area (Å²) in [6.07, 6.45) is 1.71. The number of tetrazole rings is 1. The predicted molar refractivity (Wildman–Crippen MR) is 97.5 cm³/mol. The third-order valence-electron chi connectivity index (χ3n) is 3.64. The second kappa shape index (κ2) is 8.44. The molecule has 1 heterocycles. The van der Waals surface area contributed by atoms with Crippen molar-refractivity contribution in [2.24, 2.45) is 0 Å². The molecule has 0 aliphatic carbocycles. The van der Waals surface area contributed by atoms with Crippen LogP contribution in [0.15, 0.2) is 55.1 Å². The Bertz CT molecular complexity index is 899. The summed E-state index contributed by atoms with van der Waals surface area (Å²) in [5.41, 5.74) is 1.64. The summed E-state index contributed by atoms with van der Waals surface area (Å²) in [5, 5.41) is 15.0. The molecule has 3 rings (SSSR count). The van der Waals surface area contributed by atoms with Gasteiger partial charge in [-0.2, -0.15) is 0 Å². The van der Waals surface area contributed by atoms with Crippen LogP contribution in [-0.4, -0.2) is 20.2 Å². The first-order valence-electron chi connectivity index (χ1n) is 7.93. The summed E-state index contributed by atoms with van der Waals surface area (Å²) in [7, 11) is 0. The van der Waals surface area contributed by atoms with Gasteiger partial charge in [0.2, 0.25) is 5.95 Å². The number of rotatable bonds is 8. The minimum atomic E-state index is -0.374. The van der Waals surface area contributed by atoms with Crippen LogP contribution in [0.4, 0.5) is 10.3 Å². The normalized spacial score (nSPS) is 10.5. The number of ether oxygens (including phenoxy) is 1. The lowest BCUT2D eigenvalue weighted by atomic mass is 10.2. The summed E-state index contributed by atoms with van der Waals surface area (Å²) >= 11 is 6.05. The number of anilines is 1. The molecule has 0 radical (unpaired) electrons. The van der Waals surface area contributed by atoms with Gasteiger partial charge in [-0.25, -0.2) is 9.07 Å². The van der Waals surface area contributed by atoms with E-state index in [1.807, 2.05) is 24.3 Å². The van der Waals surface area contributed by atoms with Crippen LogP contribution in [-0.2, 0) is 19.7 Å². The number of nitrogens with zero attached hydrogens (tertiary/aromatic N) is 4. The van der Waals surface area contributed by atoms with Gasteiger partial charge in [0.25, 0.3) is 0 Å². The molecule has 0 atom stereocenters. The Morgan fingerprint density at radius 1 is 1.23 bits per heavy atom. The van der Waals surface area contributed by atoms with Gasteiger partial charge in [0.05, 0.1) is 11.6 Å². The zero-order valence-electron chi connectivity index (χ0n) is 13.9. The molecule has 0 aliphatic rings. The van der Waals surface area contributed by atoms with Crippen molar-refractivity contribution in [3.8, 4) is 5.75 Å². The number of para-hydroxylation sites is 1. The van der Waals surface area contributed by atoms with Gasteiger partial charge in [-0.3, -0.25) is 0 Å². The van der Waals surface area contributed by atoms with Crippen LogP contribution >= 0.6 is 11.6 Å². The van der Waals surface area contributed by atoms with Gasteiger partial charge in [-0.1, -0.05) is 47.0 Å². The number of hydrogen-bond donors (Lipinski definition) is 1. The minimum absolute atomic E-state index is 0.240. The zero-order valence-corrected chi connectivity index (χ0v) is 14.7. The highest BCUT2D eigenvalue weighted by atomic mass is 35.5. The zero-order chi connectivity index (χ0) is 18.4. The molecule has 1 N–H and O–H groups in total. The fraction of sp³-hybridized carbons (Fsp3) is 0.167. The number of allylic oxidation sites excluding steroid dienone is 1. The molecule has 2 aromatic carbocycles. The van der Waals surface area contributed by atoms with E-state index >= 15 is 0 Å². The Labute approximate surface area is 155 Å². The van der Waals surface area contributed by atoms with Gasteiger partial charge in [-0.15, -0.1) is 6.58 Å². The molecule has 0 bridgehead atoms. The Morgan fingerprint density at radius 2 is 2.08 bits per heavy atom. The molecule has 8 heteroatoms. The molecule has 6 nitrogen and oxygen atoms in total. The molecule has 0 unspecified atom stereocenters. The van der Waals surface area contributed by atoms with E-state index in [0.29, 0.717) is 35.4 Å². The second-order valence-corrected chi connectivity index (χ2v) is 5.87. The van der Waals surface area contributed by atoms with Crippen LogP contribution in [0.25, 0.3) is 0 Å². The lowest BCUT2D eigenvalue weighted by Gasteiger charge is -2.13. The first kappa shape index (κ1) is 17.9. The highest BCUT2D eigenvalue weighted by Gasteiger charge is 2.09. The van der Waals surface area contributed by atoms with Crippen LogP contribution in [0.2, 0.25) is 5.02 Å². The molecule has 134 valence electrons. The standard InChI is InChI=1S/C18H17ClFN5O/c1-2-9-25-18(22-23-24-25)21-11-13-5-3-4-6-17(13)26-12-14-7-8-15(20)10-16(14)19/h2-8,10H,1,9,11-12H2,(H,21,22,24). The van der Waals surface area contributed by atoms with Crippen molar-refractivity contribution in [1.82, 2.24) is 20.2 Å². The second-order valence-electron chi connectivity index (χ2n) is 5.46. The van der Waals surface area contributed by atoms with Gasteiger partial charge in [0.1, 0.15) is 18.2 Å². The van der Waals surface area contributed by atoms with Crippen molar-refractivity contribution in [3.05, 3.63) is 77.1 Å². The Hall–Kier alpha value is -2.93. The predicted octanol–water partition coefficient (Wildman–Crippen LogP) is 3.84. The molecule has 0 saturated carbocycles. The maximum atomic E-state index is 13.1. The smallest absolute Gasteiger partial charge is 0.243 e. The summed E-state index contributed by atoms with van der Waals surface area (Å²) in [4.78, 5) is 0. The molecule has 0 amide bonds. The van der Waals surface area contributed by atoms with E-state index in [1.165, 1.54) is 12.1 Å². The maximum absolute atomic E-state index is 13.1. The van der Waals surface area contributed by atoms with Crippen molar-refractivity contribution >= 4 is 17.5 Å². The highest BCUT2D eigenvalue weighted by Crippen LogP contribution is 2.23. The van der Waals surface area contributed by atoms with E-state index in [-0.39, 0.29) is 12.4 Å². The summed E-state index contributed by atoms with van der Waals surface area (Å²) in [6.45, 7) is 4.90. The quantitative estimate of drug-likeness (QED) is 0.608. The number of aromatic nitrogens is 4. The molecule has 0 fully saturated rings. The van der Waals surface area contributed by atoms with E-state index in [9.17, 15) is 4.39 Å². The maximum Gasteiger partial charge on any atom is 0.243 e. The fourth-order valence-electron chi connectivity index (χ4n) is 2.34. The van der Waals surface area contributed by atoms with Crippen LogP contribution in [0, 0.1) is 5.82 Å². The van der Waals surface area contributed by atoms with Gasteiger partial charge in [0.15, 0.2) is 0 Å². The monoisotopic (exact) mass is 373 g/mol. The molecule has 26 heavy (non-hydrogen) atoms. The van der Waals surface area contributed by atoms with E-state index < -0.39 is 0 Å². The molecule has 1 aromatic heterocycles. The van der Waals surface area contributed by atoms with Crippen molar-refractivity contribution < 1.29 is 9.13 Å². The van der Waals surface area contributed by atoms with E-state index in [1.54, 1.807) is 16.8 Å².